The van der Waals surface area contributed by atoms with E-state index in [4.69, 9.17) is 11.6 Å². The second-order valence-corrected chi connectivity index (χ2v) is 5.56. The van der Waals surface area contributed by atoms with Crippen LogP contribution in [0.5, 0.6) is 0 Å². The fourth-order valence-electron chi connectivity index (χ4n) is 2.07. The molecule has 0 aromatic carbocycles. The van der Waals surface area contributed by atoms with Gasteiger partial charge in [0.05, 0.1) is 17.3 Å². The molecule has 9 heteroatoms. The van der Waals surface area contributed by atoms with Crippen LogP contribution in [0.2, 0.25) is 5.02 Å². The van der Waals surface area contributed by atoms with Crippen LogP contribution in [0.1, 0.15) is 13.8 Å². The van der Waals surface area contributed by atoms with Crippen LogP contribution in [0.4, 0.5) is 10.2 Å². The number of rotatable bonds is 4. The van der Waals surface area contributed by atoms with Crippen LogP contribution in [-0.2, 0) is 4.79 Å². The highest BCUT2D eigenvalue weighted by Gasteiger charge is 2.16. The van der Waals surface area contributed by atoms with Crippen molar-refractivity contribution in [2.75, 3.05) is 5.32 Å². The summed E-state index contributed by atoms with van der Waals surface area (Å²) in [5.41, 5.74) is 1.28. The maximum Gasteiger partial charge on any atom is 0.183 e. The van der Waals surface area contributed by atoms with Crippen molar-refractivity contribution in [3.05, 3.63) is 35.5 Å². The molecule has 0 saturated carbocycles. The smallest absolute Gasteiger partial charge is 0.183 e. The molecule has 0 unspecified atom stereocenters. The molecule has 7 nitrogen and oxygen atoms in total. The molecule has 0 bridgehead atoms. The predicted octanol–water partition coefficient (Wildman–Crippen LogP) is 2.38. The third-order valence-corrected chi connectivity index (χ3v) is 3.65. The van der Waals surface area contributed by atoms with E-state index in [0.717, 1.165) is 11.6 Å². The number of carbonyl (C=O) groups is 1. The van der Waals surface area contributed by atoms with Gasteiger partial charge in [-0.1, -0.05) is 11.6 Å². The minimum Gasteiger partial charge on any atom is -0.412 e. The number of aromatic amines is 1. The molecule has 0 spiro atoms. The number of hydrogen-bond donors (Lipinski definition) is 2. The maximum absolute atomic E-state index is 13.9. The van der Waals surface area contributed by atoms with E-state index in [1.165, 1.54) is 13.1 Å². The van der Waals surface area contributed by atoms with Gasteiger partial charge in [0, 0.05) is 23.3 Å². The van der Waals surface area contributed by atoms with Crippen molar-refractivity contribution in [2.45, 2.75) is 19.9 Å². The Kier molecular flexibility index (Phi) is 5.10. The maximum atomic E-state index is 13.9. The van der Waals surface area contributed by atoms with Gasteiger partial charge in [0.2, 0.25) is 0 Å². The lowest BCUT2D eigenvalue weighted by molar-refractivity contribution is -0.117. The Balaban J connectivity index is 0.00000208. The Morgan fingerprint density at radius 1 is 1.38 bits per heavy atom. The van der Waals surface area contributed by atoms with E-state index < -0.39 is 11.9 Å². The molecule has 4 N–H and O–H groups in total. The van der Waals surface area contributed by atoms with E-state index >= 15 is 0 Å². The quantitative estimate of drug-likeness (QED) is 0.748. The van der Waals surface area contributed by atoms with Crippen molar-refractivity contribution < 1.29 is 14.7 Å². The first-order valence-electron chi connectivity index (χ1n) is 6.88. The van der Waals surface area contributed by atoms with Crippen molar-refractivity contribution >= 4 is 34.2 Å². The molecule has 3 rings (SSSR count). The molecule has 0 saturated heterocycles. The molecule has 0 amide bonds. The molecule has 0 aliphatic rings. The van der Waals surface area contributed by atoms with E-state index in [9.17, 15) is 9.18 Å². The number of fused-ring (bicyclic) bond motifs is 1. The van der Waals surface area contributed by atoms with Gasteiger partial charge < -0.3 is 15.8 Å². The second kappa shape index (κ2) is 6.90. The summed E-state index contributed by atoms with van der Waals surface area (Å²) in [5.74, 6) is -0.465. The number of hydrogen-bond acceptors (Lipinski definition) is 5. The summed E-state index contributed by atoms with van der Waals surface area (Å²) in [6.45, 7) is 3.06. The monoisotopic (exact) mass is 351 g/mol. The van der Waals surface area contributed by atoms with E-state index in [1.54, 1.807) is 19.2 Å². The number of anilines is 1. The second-order valence-electron chi connectivity index (χ2n) is 5.12. The van der Waals surface area contributed by atoms with Gasteiger partial charge in [0.15, 0.2) is 23.2 Å². The van der Waals surface area contributed by atoms with Crippen LogP contribution in [0, 0.1) is 5.82 Å². The molecule has 3 heterocycles. The number of carbonyl (C=O) groups excluding carboxylic acids is 1. The molecule has 24 heavy (non-hydrogen) atoms. The summed E-state index contributed by atoms with van der Waals surface area (Å²) < 4.78 is 13.9. The van der Waals surface area contributed by atoms with Crippen molar-refractivity contribution in [2.24, 2.45) is 0 Å². The molecular formula is C15H15ClFN5O2. The third kappa shape index (κ3) is 3.34. The molecule has 0 fully saturated rings. The van der Waals surface area contributed by atoms with Gasteiger partial charge >= 0.3 is 0 Å². The molecule has 0 aliphatic heterocycles. The number of pyridine rings is 1. The molecule has 1 atom stereocenters. The minimum absolute atomic E-state index is 0. The third-order valence-electron chi connectivity index (χ3n) is 3.45. The normalized spacial score (nSPS) is 11.8. The number of ketones is 1. The Hall–Kier alpha value is -2.58. The fourth-order valence-corrected chi connectivity index (χ4v) is 2.23. The Bertz CT molecular complexity index is 899. The summed E-state index contributed by atoms with van der Waals surface area (Å²) in [6.07, 6.45) is 4.27. The number of halogens is 2. The van der Waals surface area contributed by atoms with Crippen molar-refractivity contribution in [3.8, 4) is 11.4 Å². The summed E-state index contributed by atoms with van der Waals surface area (Å²) in [6, 6.07) is 1.18. The van der Waals surface area contributed by atoms with Gasteiger partial charge in [-0.05, 0) is 19.9 Å². The Morgan fingerprint density at radius 2 is 2.12 bits per heavy atom. The number of nitrogens with zero attached hydrogens (tertiary/aromatic N) is 3. The number of aromatic nitrogens is 4. The van der Waals surface area contributed by atoms with Gasteiger partial charge in [0.1, 0.15) is 5.65 Å². The topological polar surface area (TPSA) is 115 Å². The SMILES string of the molecule is CC(=O)[C@H](C)Nc1nc(-c2c[nH]c3ncc(Cl)cc23)ncc1F.O. The summed E-state index contributed by atoms with van der Waals surface area (Å²) in [7, 11) is 0. The number of H-pyrrole nitrogens is 1. The molecule has 126 valence electrons. The number of nitrogens with one attached hydrogen (secondary N) is 2. The van der Waals surface area contributed by atoms with E-state index in [0.29, 0.717) is 22.1 Å². The fraction of sp³-hybridized carbons (Fsp3) is 0.200. The molecule has 0 aliphatic carbocycles. The van der Waals surface area contributed by atoms with Gasteiger partial charge in [-0.25, -0.2) is 19.3 Å². The first kappa shape index (κ1) is 17.8. The van der Waals surface area contributed by atoms with Crippen LogP contribution in [-0.4, -0.2) is 37.2 Å². The van der Waals surface area contributed by atoms with Crippen molar-refractivity contribution in [1.29, 1.82) is 0 Å². The zero-order chi connectivity index (χ0) is 16.6. The molecular weight excluding hydrogens is 337 g/mol. The van der Waals surface area contributed by atoms with Crippen LogP contribution in [0.15, 0.2) is 24.7 Å². The average molecular weight is 352 g/mol. The zero-order valence-electron chi connectivity index (χ0n) is 12.9. The van der Waals surface area contributed by atoms with E-state index in [-0.39, 0.29) is 17.1 Å². The van der Waals surface area contributed by atoms with Crippen molar-refractivity contribution in [1.82, 2.24) is 19.9 Å². The van der Waals surface area contributed by atoms with Crippen LogP contribution in [0.3, 0.4) is 0 Å². The minimum atomic E-state index is -0.627. The first-order chi connectivity index (χ1) is 11.0. The van der Waals surface area contributed by atoms with Gasteiger partial charge in [-0.15, -0.1) is 0 Å². The summed E-state index contributed by atoms with van der Waals surface area (Å²) in [4.78, 5) is 26.7. The highest BCUT2D eigenvalue weighted by molar-refractivity contribution is 6.31. The van der Waals surface area contributed by atoms with E-state index in [1.807, 2.05) is 0 Å². The molecule has 3 aromatic heterocycles. The standard InChI is InChI=1S/C15H13ClFN5O.H2O/c1-7(8(2)23)21-15-12(17)6-20-14(22-15)11-5-19-13-10(11)3-9(16)4-18-13;/h3-7H,1-2H3,(H,18,19)(H,20,21,22);1H2/t7-;/m0./s1. The molecule has 0 radical (unpaired) electrons. The summed E-state index contributed by atoms with van der Waals surface area (Å²) in [5, 5.41) is 3.95. The predicted molar refractivity (Wildman–Crippen MR) is 89.5 cm³/mol. The lowest BCUT2D eigenvalue weighted by Gasteiger charge is -2.12. The lowest BCUT2D eigenvalue weighted by Crippen LogP contribution is -2.24. The highest BCUT2D eigenvalue weighted by Crippen LogP contribution is 2.28. The van der Waals surface area contributed by atoms with Gasteiger partial charge in [-0.3, -0.25) is 4.79 Å². The highest BCUT2D eigenvalue weighted by atomic mass is 35.5. The van der Waals surface area contributed by atoms with E-state index in [2.05, 4.69) is 25.3 Å². The average Bonchev–Trinajstić information content (AvgIpc) is 2.92. The lowest BCUT2D eigenvalue weighted by atomic mass is 10.2. The van der Waals surface area contributed by atoms with Crippen molar-refractivity contribution in [3.63, 3.8) is 0 Å². The van der Waals surface area contributed by atoms with Gasteiger partial charge in [0.25, 0.3) is 0 Å². The largest absolute Gasteiger partial charge is 0.412 e. The summed E-state index contributed by atoms with van der Waals surface area (Å²) >= 11 is 5.97. The van der Waals surface area contributed by atoms with Gasteiger partial charge in [-0.2, -0.15) is 0 Å². The van der Waals surface area contributed by atoms with Crippen LogP contribution in [0.25, 0.3) is 22.4 Å². The number of Topliss-reactive ketones (excluding diaryl/α,β-unsaturated/α-hetero) is 1. The van der Waals surface area contributed by atoms with Crippen LogP contribution >= 0.6 is 11.6 Å². The Morgan fingerprint density at radius 3 is 2.83 bits per heavy atom. The first-order valence-corrected chi connectivity index (χ1v) is 7.26. The molecule has 3 aromatic rings. The van der Waals surface area contributed by atoms with Crippen LogP contribution < -0.4 is 5.32 Å². The Labute approximate surface area is 141 Å². The zero-order valence-corrected chi connectivity index (χ0v) is 13.6.